The van der Waals surface area contributed by atoms with Gasteiger partial charge in [-0.3, -0.25) is 9.78 Å². The summed E-state index contributed by atoms with van der Waals surface area (Å²) in [6.07, 6.45) is -1.97. The lowest BCUT2D eigenvalue weighted by molar-refractivity contribution is -0.146. The van der Waals surface area contributed by atoms with E-state index in [1.165, 1.54) is 0 Å². The van der Waals surface area contributed by atoms with Gasteiger partial charge in [0.2, 0.25) is 5.91 Å². The molecular formula is C23H32F3N3O3. The van der Waals surface area contributed by atoms with E-state index in [9.17, 15) is 22.8 Å². The first kappa shape index (κ1) is 24.3. The van der Waals surface area contributed by atoms with Gasteiger partial charge in [-0.2, -0.15) is 13.2 Å². The number of carbonyl (C=O) groups is 2. The van der Waals surface area contributed by atoms with Crippen molar-refractivity contribution in [3.05, 3.63) is 29.1 Å². The molecule has 1 aliphatic carbocycles. The molecule has 1 aliphatic heterocycles. The summed E-state index contributed by atoms with van der Waals surface area (Å²) in [4.78, 5) is 31.5. The molecule has 0 bridgehead atoms. The lowest BCUT2D eigenvalue weighted by atomic mass is 9.74. The Labute approximate surface area is 186 Å². The number of aromatic nitrogens is 1. The van der Waals surface area contributed by atoms with Gasteiger partial charge in [0, 0.05) is 37.4 Å². The molecule has 32 heavy (non-hydrogen) atoms. The van der Waals surface area contributed by atoms with Crippen molar-refractivity contribution in [1.29, 1.82) is 0 Å². The first-order valence-electron chi connectivity index (χ1n) is 11.1. The predicted molar refractivity (Wildman–Crippen MR) is 113 cm³/mol. The van der Waals surface area contributed by atoms with E-state index >= 15 is 0 Å². The maximum Gasteiger partial charge on any atom is 0.417 e. The Bertz CT molecular complexity index is 879. The Kier molecular flexibility index (Phi) is 6.50. The second-order valence-electron chi connectivity index (χ2n) is 10.2. The Morgan fingerprint density at radius 3 is 2.56 bits per heavy atom. The third-order valence-corrected chi connectivity index (χ3v) is 6.46. The number of halogens is 3. The minimum absolute atomic E-state index is 0.0152. The zero-order chi connectivity index (χ0) is 23.9. The number of rotatable bonds is 3. The van der Waals surface area contributed by atoms with Crippen LogP contribution in [0.2, 0.25) is 0 Å². The van der Waals surface area contributed by atoms with Crippen LogP contribution >= 0.6 is 0 Å². The maximum absolute atomic E-state index is 13.7. The van der Waals surface area contributed by atoms with Gasteiger partial charge in [-0.25, -0.2) is 4.79 Å². The number of nitrogens with zero attached hydrogens (tertiary/aromatic N) is 2. The van der Waals surface area contributed by atoms with Gasteiger partial charge < -0.3 is 15.0 Å². The molecule has 1 N–H and O–H groups in total. The number of pyridine rings is 1. The third-order valence-electron chi connectivity index (χ3n) is 6.46. The Morgan fingerprint density at radius 2 is 1.97 bits per heavy atom. The predicted octanol–water partition coefficient (Wildman–Crippen LogP) is 4.70. The van der Waals surface area contributed by atoms with Gasteiger partial charge in [0.1, 0.15) is 5.60 Å². The van der Waals surface area contributed by atoms with Gasteiger partial charge in [-0.15, -0.1) is 0 Å². The molecule has 0 saturated heterocycles. The number of nitrogens with one attached hydrogen (secondary N) is 1. The van der Waals surface area contributed by atoms with E-state index in [0.29, 0.717) is 43.5 Å². The first-order chi connectivity index (χ1) is 14.7. The highest BCUT2D eigenvalue weighted by atomic mass is 19.4. The second-order valence-corrected chi connectivity index (χ2v) is 10.2. The van der Waals surface area contributed by atoms with E-state index in [1.54, 1.807) is 25.7 Å². The molecule has 1 saturated carbocycles. The van der Waals surface area contributed by atoms with Crippen molar-refractivity contribution >= 4 is 12.0 Å². The minimum atomic E-state index is -4.47. The molecular weight excluding hydrogens is 423 g/mol. The van der Waals surface area contributed by atoms with Gasteiger partial charge in [-0.1, -0.05) is 13.8 Å². The molecule has 6 nitrogen and oxygen atoms in total. The molecule has 178 valence electrons. The third kappa shape index (κ3) is 5.18. The Balaban J connectivity index is 1.74. The number of hydrogen-bond acceptors (Lipinski definition) is 4. The van der Waals surface area contributed by atoms with Crippen LogP contribution in [0.4, 0.5) is 18.0 Å². The molecule has 2 aliphatic rings. The number of carbonyl (C=O) groups excluding carboxylic acids is 2. The maximum atomic E-state index is 13.7. The zero-order valence-corrected chi connectivity index (χ0v) is 19.3. The summed E-state index contributed by atoms with van der Waals surface area (Å²) in [7, 11) is 0. The number of hydrogen-bond donors (Lipinski definition) is 1. The molecule has 0 radical (unpaired) electrons. The monoisotopic (exact) mass is 455 g/mol. The second kappa shape index (κ2) is 8.56. The van der Waals surface area contributed by atoms with E-state index in [2.05, 4.69) is 10.3 Å². The summed E-state index contributed by atoms with van der Waals surface area (Å²) >= 11 is 0. The molecule has 9 heteroatoms. The van der Waals surface area contributed by atoms with Crippen molar-refractivity contribution in [2.45, 2.75) is 84.7 Å². The topological polar surface area (TPSA) is 71.5 Å². The van der Waals surface area contributed by atoms with Gasteiger partial charge in [0.15, 0.2) is 0 Å². The molecule has 1 aromatic heterocycles. The van der Waals surface area contributed by atoms with Crippen molar-refractivity contribution in [3.8, 4) is 0 Å². The average molecular weight is 456 g/mol. The standard InChI is InChI=1S/C23H32F3N3O3/c1-14(2)22(8-6-17(11-22)28-20(31)32-21(3,4)5)19(30)29-9-7-18-15(13-29)10-16(12-27-18)23(24,25)26/h10,12,14,17H,6-9,11,13H2,1-5H3,(H,28,31)/t17-,22?/m1/s1. The fraction of sp³-hybridized carbons (Fsp3) is 0.696. The van der Waals surface area contributed by atoms with Crippen molar-refractivity contribution in [3.63, 3.8) is 0 Å². The molecule has 0 aromatic carbocycles. The summed E-state index contributed by atoms with van der Waals surface area (Å²) < 4.78 is 44.7. The van der Waals surface area contributed by atoms with Crippen LogP contribution in [-0.2, 0) is 28.7 Å². The summed E-state index contributed by atoms with van der Waals surface area (Å²) in [5.74, 6) is -0.0504. The van der Waals surface area contributed by atoms with E-state index in [1.807, 2.05) is 13.8 Å². The lowest BCUT2D eigenvalue weighted by Crippen LogP contribution is -2.48. The van der Waals surface area contributed by atoms with Gasteiger partial charge in [0.25, 0.3) is 0 Å². The number of amides is 2. The molecule has 1 unspecified atom stereocenters. The number of alkyl halides is 3. The SMILES string of the molecule is CC(C)C1(C(=O)N2CCc3ncc(C(F)(F)F)cc3C2)CC[C@@H](NC(=O)OC(C)(C)C)C1. The largest absolute Gasteiger partial charge is 0.444 e. The quantitative estimate of drug-likeness (QED) is 0.717. The molecule has 0 spiro atoms. The van der Waals surface area contributed by atoms with E-state index in [4.69, 9.17) is 4.74 Å². The molecule has 1 aromatic rings. The van der Waals surface area contributed by atoms with Crippen LogP contribution < -0.4 is 5.32 Å². The van der Waals surface area contributed by atoms with Crippen LogP contribution in [0.1, 0.15) is 70.7 Å². The summed E-state index contributed by atoms with van der Waals surface area (Å²) in [6.45, 7) is 9.86. The molecule has 2 amide bonds. The van der Waals surface area contributed by atoms with Gasteiger partial charge >= 0.3 is 12.3 Å². The van der Waals surface area contributed by atoms with E-state index in [0.717, 1.165) is 12.3 Å². The number of alkyl carbamates (subject to hydrolysis) is 1. The van der Waals surface area contributed by atoms with E-state index < -0.39 is 28.8 Å². The van der Waals surface area contributed by atoms with Crippen LogP contribution in [0.15, 0.2) is 12.3 Å². The van der Waals surface area contributed by atoms with Crippen LogP contribution in [0.3, 0.4) is 0 Å². The van der Waals surface area contributed by atoms with Crippen molar-refractivity contribution in [2.75, 3.05) is 6.54 Å². The number of fused-ring (bicyclic) bond motifs is 1. The average Bonchev–Trinajstić information content (AvgIpc) is 3.09. The van der Waals surface area contributed by atoms with Crippen molar-refractivity contribution < 1.29 is 27.5 Å². The Hall–Kier alpha value is -2.32. The highest BCUT2D eigenvalue weighted by molar-refractivity contribution is 5.84. The summed E-state index contributed by atoms with van der Waals surface area (Å²) in [5.41, 5.74) is -1.03. The van der Waals surface area contributed by atoms with E-state index in [-0.39, 0.29) is 24.4 Å². The first-order valence-corrected chi connectivity index (χ1v) is 11.1. The van der Waals surface area contributed by atoms with Crippen LogP contribution in [0.5, 0.6) is 0 Å². The highest BCUT2D eigenvalue weighted by Gasteiger charge is 2.50. The molecule has 1 fully saturated rings. The lowest BCUT2D eigenvalue weighted by Gasteiger charge is -2.39. The molecule has 3 rings (SSSR count). The van der Waals surface area contributed by atoms with Crippen molar-refractivity contribution in [2.24, 2.45) is 11.3 Å². The van der Waals surface area contributed by atoms with Gasteiger partial charge in [0.05, 0.1) is 11.0 Å². The highest BCUT2D eigenvalue weighted by Crippen LogP contribution is 2.46. The summed E-state index contributed by atoms with van der Waals surface area (Å²) in [6, 6.07) is 0.914. The smallest absolute Gasteiger partial charge is 0.417 e. The Morgan fingerprint density at radius 1 is 1.28 bits per heavy atom. The summed E-state index contributed by atoms with van der Waals surface area (Å²) in [5, 5.41) is 2.88. The minimum Gasteiger partial charge on any atom is -0.444 e. The van der Waals surface area contributed by atoms with Crippen LogP contribution in [0, 0.1) is 11.3 Å². The zero-order valence-electron chi connectivity index (χ0n) is 19.3. The fourth-order valence-corrected chi connectivity index (χ4v) is 4.71. The van der Waals surface area contributed by atoms with Crippen LogP contribution in [0.25, 0.3) is 0 Å². The fourth-order valence-electron chi connectivity index (χ4n) is 4.71. The van der Waals surface area contributed by atoms with Crippen molar-refractivity contribution in [1.82, 2.24) is 15.2 Å². The normalized spacial score (nSPS) is 23.8. The molecule has 2 heterocycles. The van der Waals surface area contributed by atoms with Gasteiger partial charge in [-0.05, 0) is 57.6 Å². The number of ether oxygens (including phenoxy) is 1. The molecule has 2 atom stereocenters. The van der Waals surface area contributed by atoms with Crippen LogP contribution in [-0.4, -0.2) is 40.1 Å².